The van der Waals surface area contributed by atoms with Gasteiger partial charge in [-0.05, 0) is 60.5 Å². The van der Waals surface area contributed by atoms with Crippen LogP contribution < -0.4 is 10.2 Å². The lowest BCUT2D eigenvalue weighted by Crippen LogP contribution is -2.30. The number of nitrogens with one attached hydrogen (secondary N) is 1. The molecule has 8 heteroatoms. The monoisotopic (exact) mass is 477 g/mol. The minimum atomic E-state index is -0.674. The topological polar surface area (TPSA) is 73.2 Å². The fraction of sp³-hybridized carbons (Fsp3) is 0.0800. The van der Waals surface area contributed by atoms with Crippen molar-refractivity contribution >= 4 is 46.6 Å². The quantitative estimate of drug-likeness (QED) is 0.386. The number of benzene rings is 3. The molecule has 1 aliphatic heterocycles. The van der Waals surface area contributed by atoms with Gasteiger partial charge >= 0.3 is 0 Å². The number of nitriles is 1. The van der Waals surface area contributed by atoms with Crippen LogP contribution in [-0.2, 0) is 16.0 Å². The molecule has 1 aliphatic rings. The molecule has 5 nitrogen and oxygen atoms in total. The largest absolute Gasteiger partial charge is 0.321 e. The second-order valence-electron chi connectivity index (χ2n) is 7.20. The van der Waals surface area contributed by atoms with E-state index >= 15 is 0 Å². The predicted molar refractivity (Wildman–Crippen MR) is 128 cm³/mol. The van der Waals surface area contributed by atoms with E-state index in [0.29, 0.717) is 22.8 Å². The molecule has 33 heavy (non-hydrogen) atoms. The lowest BCUT2D eigenvalue weighted by atomic mass is 10.1. The molecule has 1 fully saturated rings. The van der Waals surface area contributed by atoms with Crippen molar-refractivity contribution in [3.8, 4) is 6.07 Å². The zero-order valence-corrected chi connectivity index (χ0v) is 18.7. The molecule has 164 valence electrons. The molecular weight excluding hydrogens is 461 g/mol. The van der Waals surface area contributed by atoms with Gasteiger partial charge in [0.05, 0.1) is 5.25 Å². The number of nitrogens with zero attached hydrogens (tertiary/aromatic N) is 2. The van der Waals surface area contributed by atoms with Gasteiger partial charge in [0.25, 0.3) is 5.91 Å². The van der Waals surface area contributed by atoms with Crippen molar-refractivity contribution < 1.29 is 14.0 Å². The Hall–Kier alpha value is -3.60. The highest BCUT2D eigenvalue weighted by molar-refractivity contribution is 8.05. The Morgan fingerprint density at radius 1 is 1.06 bits per heavy atom. The molecule has 0 spiro atoms. The maximum absolute atomic E-state index is 13.4. The number of hydrogen-bond acceptors (Lipinski definition) is 4. The van der Waals surface area contributed by atoms with Gasteiger partial charge < -0.3 is 5.32 Å². The maximum Gasteiger partial charge on any atom is 0.269 e. The van der Waals surface area contributed by atoms with Gasteiger partial charge in [0.2, 0.25) is 5.91 Å². The smallest absolute Gasteiger partial charge is 0.269 e. The van der Waals surface area contributed by atoms with E-state index in [1.54, 1.807) is 36.4 Å². The third-order valence-corrected chi connectivity index (χ3v) is 6.47. The fourth-order valence-electron chi connectivity index (χ4n) is 3.36. The van der Waals surface area contributed by atoms with Crippen molar-refractivity contribution in [1.82, 2.24) is 0 Å². The van der Waals surface area contributed by atoms with E-state index in [4.69, 9.17) is 11.6 Å². The van der Waals surface area contributed by atoms with Crippen LogP contribution in [-0.4, -0.2) is 17.1 Å². The standard InChI is InChI=1S/C25H17ClFN3O2S/c26-17-8-6-16(7-9-17)14-22-24(32)30(20-4-2-1-3-5-20)25(33-22)21(15-28)23(31)29-19-12-10-18(27)11-13-19/h1-13,22H,14H2,(H,29,31)/b25-21-/t22-/m0/s1. The Labute approximate surface area is 199 Å². The van der Waals surface area contributed by atoms with Crippen molar-refractivity contribution in [2.75, 3.05) is 10.2 Å². The minimum Gasteiger partial charge on any atom is -0.321 e. The molecule has 1 atom stereocenters. The van der Waals surface area contributed by atoms with Crippen LogP contribution in [0.25, 0.3) is 0 Å². The first kappa shape index (κ1) is 22.6. The molecule has 0 aromatic heterocycles. The summed E-state index contributed by atoms with van der Waals surface area (Å²) in [7, 11) is 0. The van der Waals surface area contributed by atoms with E-state index in [1.165, 1.54) is 40.9 Å². The summed E-state index contributed by atoms with van der Waals surface area (Å²) < 4.78 is 13.2. The average molecular weight is 478 g/mol. The van der Waals surface area contributed by atoms with Gasteiger partial charge in [-0.1, -0.05) is 53.7 Å². The molecule has 0 aliphatic carbocycles. The zero-order valence-electron chi connectivity index (χ0n) is 17.2. The number of carbonyl (C=O) groups excluding carboxylic acids is 2. The van der Waals surface area contributed by atoms with Crippen molar-refractivity contribution in [3.63, 3.8) is 0 Å². The zero-order chi connectivity index (χ0) is 23.4. The molecule has 1 heterocycles. The molecule has 0 bridgehead atoms. The number of thioether (sulfide) groups is 1. The summed E-state index contributed by atoms with van der Waals surface area (Å²) in [5.74, 6) is -1.34. The molecule has 1 saturated heterocycles. The first-order valence-electron chi connectivity index (χ1n) is 9.97. The van der Waals surface area contributed by atoms with Crippen LogP contribution in [0.15, 0.2) is 89.5 Å². The Morgan fingerprint density at radius 3 is 2.36 bits per heavy atom. The highest BCUT2D eigenvalue weighted by Gasteiger charge is 2.40. The maximum atomic E-state index is 13.4. The third kappa shape index (κ3) is 5.08. The first-order chi connectivity index (χ1) is 16.0. The summed E-state index contributed by atoms with van der Waals surface area (Å²) in [6.45, 7) is 0. The van der Waals surface area contributed by atoms with E-state index in [0.717, 1.165) is 5.56 Å². The van der Waals surface area contributed by atoms with Crippen molar-refractivity contribution in [3.05, 3.63) is 106 Å². The van der Waals surface area contributed by atoms with Crippen molar-refractivity contribution in [2.24, 2.45) is 0 Å². The summed E-state index contributed by atoms with van der Waals surface area (Å²) in [5, 5.41) is 12.8. The fourth-order valence-corrected chi connectivity index (χ4v) is 4.79. The lowest BCUT2D eigenvalue weighted by Gasteiger charge is -2.18. The molecule has 3 aromatic rings. The van der Waals surface area contributed by atoms with Crippen LogP contribution in [0, 0.1) is 17.1 Å². The highest BCUT2D eigenvalue weighted by Crippen LogP contribution is 2.42. The average Bonchev–Trinajstić information content (AvgIpc) is 3.13. The van der Waals surface area contributed by atoms with E-state index in [-0.39, 0.29) is 16.5 Å². The van der Waals surface area contributed by atoms with Gasteiger partial charge in [-0.15, -0.1) is 0 Å². The molecule has 0 saturated carbocycles. The molecular formula is C25H17ClFN3O2S. The van der Waals surface area contributed by atoms with Crippen molar-refractivity contribution in [1.29, 1.82) is 5.26 Å². The Bertz CT molecular complexity index is 1260. The van der Waals surface area contributed by atoms with E-state index in [2.05, 4.69) is 5.32 Å². The van der Waals surface area contributed by atoms with E-state index in [1.807, 2.05) is 24.3 Å². The number of carbonyl (C=O) groups is 2. The van der Waals surface area contributed by atoms with Crippen LogP contribution in [0.5, 0.6) is 0 Å². The summed E-state index contributed by atoms with van der Waals surface area (Å²) in [6, 6.07) is 23.2. The molecule has 4 rings (SSSR count). The number of amides is 2. The number of hydrogen-bond donors (Lipinski definition) is 1. The lowest BCUT2D eigenvalue weighted by molar-refractivity contribution is -0.117. The number of rotatable bonds is 5. The number of halogens is 2. The Morgan fingerprint density at radius 2 is 1.73 bits per heavy atom. The van der Waals surface area contributed by atoms with Crippen LogP contribution in [0.2, 0.25) is 5.02 Å². The number of para-hydroxylation sites is 1. The summed E-state index contributed by atoms with van der Waals surface area (Å²) >= 11 is 7.14. The molecule has 0 radical (unpaired) electrons. The SMILES string of the molecule is N#C/C(C(=O)Nc1ccc(F)cc1)=C1/S[C@@H](Cc2ccc(Cl)cc2)C(=O)N1c1ccccc1. The molecule has 3 aromatic carbocycles. The second-order valence-corrected chi connectivity index (χ2v) is 8.83. The van der Waals surface area contributed by atoms with Crippen molar-refractivity contribution in [2.45, 2.75) is 11.7 Å². The summed E-state index contributed by atoms with van der Waals surface area (Å²) in [6.07, 6.45) is 0.409. The summed E-state index contributed by atoms with van der Waals surface area (Å²) in [5.41, 5.74) is 1.62. The number of anilines is 2. The van der Waals surface area contributed by atoms with Crippen LogP contribution >= 0.6 is 23.4 Å². The first-order valence-corrected chi connectivity index (χ1v) is 11.2. The Kier molecular flexibility index (Phi) is 6.78. The minimum absolute atomic E-state index is 0.194. The highest BCUT2D eigenvalue weighted by atomic mass is 35.5. The molecule has 1 N–H and O–H groups in total. The van der Waals surface area contributed by atoms with Gasteiger partial charge in [-0.3, -0.25) is 14.5 Å². The van der Waals surface area contributed by atoms with E-state index in [9.17, 15) is 19.2 Å². The molecule has 2 amide bonds. The van der Waals surface area contributed by atoms with Gasteiger partial charge in [0, 0.05) is 16.4 Å². The van der Waals surface area contributed by atoms with Crippen LogP contribution in [0.1, 0.15) is 5.56 Å². The predicted octanol–water partition coefficient (Wildman–Crippen LogP) is 5.54. The van der Waals surface area contributed by atoms with E-state index < -0.39 is 17.0 Å². The van der Waals surface area contributed by atoms with Gasteiger partial charge in [-0.25, -0.2) is 4.39 Å². The Balaban J connectivity index is 1.70. The second kappa shape index (κ2) is 9.90. The summed E-state index contributed by atoms with van der Waals surface area (Å²) in [4.78, 5) is 27.7. The van der Waals surface area contributed by atoms with Crippen LogP contribution in [0.3, 0.4) is 0 Å². The molecule has 0 unspecified atom stereocenters. The van der Waals surface area contributed by atoms with Gasteiger partial charge in [-0.2, -0.15) is 5.26 Å². The normalized spacial score (nSPS) is 16.9. The van der Waals surface area contributed by atoms with Gasteiger partial charge in [0.1, 0.15) is 22.5 Å². The van der Waals surface area contributed by atoms with Gasteiger partial charge in [0.15, 0.2) is 0 Å². The third-order valence-electron chi connectivity index (χ3n) is 4.96. The van der Waals surface area contributed by atoms with Crippen LogP contribution in [0.4, 0.5) is 15.8 Å².